The number of nitrogens with zero attached hydrogens (tertiary/aromatic N) is 1. The second kappa shape index (κ2) is 10.6. The van der Waals surface area contributed by atoms with Crippen molar-refractivity contribution in [2.24, 2.45) is 0 Å². The molecule has 3 aromatic carbocycles. The highest BCUT2D eigenvalue weighted by atomic mass is 35.5. The third-order valence-electron chi connectivity index (χ3n) is 4.57. The minimum absolute atomic E-state index is 0.0326. The summed E-state index contributed by atoms with van der Waals surface area (Å²) >= 11 is 12.1. The average molecular weight is 517 g/mol. The fourth-order valence-electron chi connectivity index (χ4n) is 2.83. The maximum absolute atomic E-state index is 12.7. The zero-order valence-corrected chi connectivity index (χ0v) is 20.3. The van der Waals surface area contributed by atoms with Crippen LogP contribution in [-0.4, -0.2) is 21.4 Å². The molecule has 3 rings (SSSR count). The third kappa shape index (κ3) is 5.88. The molecule has 0 aromatic heterocycles. The zero-order valence-electron chi connectivity index (χ0n) is 18.0. The molecule has 0 heterocycles. The van der Waals surface area contributed by atoms with E-state index >= 15 is 0 Å². The van der Waals surface area contributed by atoms with E-state index in [1.807, 2.05) is 13.0 Å². The van der Waals surface area contributed by atoms with Gasteiger partial charge in [0, 0.05) is 0 Å². The normalized spacial score (nSPS) is 11.4. The molecule has 1 amide bonds. The number of anilines is 1. The number of carbonyl (C=O) groups is 1. The molecule has 0 saturated carbocycles. The lowest BCUT2D eigenvalue weighted by Gasteiger charge is -2.12. The van der Waals surface area contributed by atoms with Gasteiger partial charge in [0.1, 0.15) is 16.5 Å². The molecule has 3 aromatic rings. The first-order chi connectivity index (χ1) is 16.1. The van der Waals surface area contributed by atoms with E-state index < -0.39 is 16.0 Å². The minimum atomic E-state index is -4.15. The molecule has 0 atom stereocenters. The SMILES string of the molecule is COc1ccc(/C=C(\C#N)C(=O)Nc2c(Cl)cccc2Cl)cc1OS(=O)(=O)c1ccc(C)cc1. The number of aryl methyl sites for hydroxylation is 1. The van der Waals surface area contributed by atoms with E-state index in [0.29, 0.717) is 5.56 Å². The molecule has 0 bridgehead atoms. The molecule has 174 valence electrons. The first kappa shape index (κ1) is 25.1. The zero-order chi connectivity index (χ0) is 24.9. The van der Waals surface area contributed by atoms with Gasteiger partial charge >= 0.3 is 10.1 Å². The Labute approximate surface area is 207 Å². The van der Waals surface area contributed by atoms with E-state index in [2.05, 4.69) is 5.32 Å². The van der Waals surface area contributed by atoms with Gasteiger partial charge in [0.15, 0.2) is 11.5 Å². The summed E-state index contributed by atoms with van der Waals surface area (Å²) in [7, 11) is -2.80. The van der Waals surface area contributed by atoms with Crippen molar-refractivity contribution in [3.8, 4) is 17.6 Å². The van der Waals surface area contributed by atoms with E-state index in [9.17, 15) is 18.5 Å². The summed E-state index contributed by atoms with van der Waals surface area (Å²) in [6.45, 7) is 1.83. The maximum Gasteiger partial charge on any atom is 0.339 e. The van der Waals surface area contributed by atoms with Crippen molar-refractivity contribution in [3.63, 3.8) is 0 Å². The van der Waals surface area contributed by atoms with Gasteiger partial charge in [-0.2, -0.15) is 13.7 Å². The number of amides is 1. The lowest BCUT2D eigenvalue weighted by molar-refractivity contribution is -0.112. The van der Waals surface area contributed by atoms with E-state index in [1.165, 1.54) is 43.5 Å². The second-order valence-corrected chi connectivity index (χ2v) is 9.34. The fourth-order valence-corrected chi connectivity index (χ4v) is 4.26. The molecular weight excluding hydrogens is 499 g/mol. The maximum atomic E-state index is 12.7. The summed E-state index contributed by atoms with van der Waals surface area (Å²) in [6, 6.07) is 17.0. The number of hydrogen-bond acceptors (Lipinski definition) is 6. The Bertz CT molecular complexity index is 1390. The molecule has 0 aliphatic rings. The van der Waals surface area contributed by atoms with Crippen LogP contribution >= 0.6 is 23.2 Å². The van der Waals surface area contributed by atoms with Crippen LogP contribution in [0.5, 0.6) is 11.5 Å². The average Bonchev–Trinajstić information content (AvgIpc) is 2.80. The third-order valence-corrected chi connectivity index (χ3v) is 6.45. The van der Waals surface area contributed by atoms with Gasteiger partial charge < -0.3 is 14.2 Å². The highest BCUT2D eigenvalue weighted by Gasteiger charge is 2.20. The molecular formula is C24H18Cl2N2O5S. The summed E-state index contributed by atoms with van der Waals surface area (Å²) in [4.78, 5) is 12.6. The minimum Gasteiger partial charge on any atom is -0.493 e. The fraction of sp³-hybridized carbons (Fsp3) is 0.0833. The number of para-hydroxylation sites is 1. The van der Waals surface area contributed by atoms with E-state index in [-0.39, 0.29) is 37.7 Å². The smallest absolute Gasteiger partial charge is 0.339 e. The molecule has 7 nitrogen and oxygen atoms in total. The molecule has 0 aliphatic carbocycles. The van der Waals surface area contributed by atoms with Crippen molar-refractivity contribution >= 4 is 51.0 Å². The van der Waals surface area contributed by atoms with Crippen LogP contribution in [0.25, 0.3) is 6.08 Å². The topological polar surface area (TPSA) is 105 Å². The Morgan fingerprint density at radius 3 is 2.26 bits per heavy atom. The molecule has 0 unspecified atom stereocenters. The van der Waals surface area contributed by atoms with Gasteiger partial charge in [-0.25, -0.2) is 0 Å². The van der Waals surface area contributed by atoms with Crippen molar-refractivity contribution in [2.45, 2.75) is 11.8 Å². The number of nitrogens with one attached hydrogen (secondary N) is 1. The number of hydrogen-bond donors (Lipinski definition) is 1. The Balaban J connectivity index is 1.92. The van der Waals surface area contributed by atoms with Crippen molar-refractivity contribution in [1.82, 2.24) is 0 Å². The first-order valence-corrected chi connectivity index (χ1v) is 11.9. The quantitative estimate of drug-likeness (QED) is 0.248. The van der Waals surface area contributed by atoms with Crippen molar-refractivity contribution in [2.75, 3.05) is 12.4 Å². The van der Waals surface area contributed by atoms with Gasteiger partial charge in [-0.1, -0.05) is 53.0 Å². The summed E-state index contributed by atoms with van der Waals surface area (Å²) in [5.41, 5.74) is 1.12. The summed E-state index contributed by atoms with van der Waals surface area (Å²) in [6.07, 6.45) is 1.27. The molecule has 0 aliphatic heterocycles. The monoisotopic (exact) mass is 516 g/mol. The van der Waals surface area contributed by atoms with Crippen LogP contribution in [-0.2, 0) is 14.9 Å². The van der Waals surface area contributed by atoms with Crippen LogP contribution < -0.4 is 14.2 Å². The Morgan fingerprint density at radius 1 is 1.03 bits per heavy atom. The van der Waals surface area contributed by atoms with Crippen LogP contribution in [0.2, 0.25) is 10.0 Å². The largest absolute Gasteiger partial charge is 0.493 e. The highest BCUT2D eigenvalue weighted by molar-refractivity contribution is 7.87. The predicted octanol–water partition coefficient (Wildman–Crippen LogP) is 5.62. The Morgan fingerprint density at radius 2 is 1.68 bits per heavy atom. The Hall–Kier alpha value is -3.51. The van der Waals surface area contributed by atoms with Crippen LogP contribution in [0.3, 0.4) is 0 Å². The van der Waals surface area contributed by atoms with E-state index in [0.717, 1.165) is 5.56 Å². The molecule has 10 heteroatoms. The number of ether oxygens (including phenoxy) is 1. The van der Waals surface area contributed by atoms with E-state index in [4.69, 9.17) is 32.1 Å². The van der Waals surface area contributed by atoms with Gasteiger partial charge in [-0.05, 0) is 55.0 Å². The second-order valence-electron chi connectivity index (χ2n) is 6.98. The van der Waals surface area contributed by atoms with Crippen LogP contribution in [0.4, 0.5) is 5.69 Å². The van der Waals surface area contributed by atoms with Gasteiger partial charge in [0.05, 0.1) is 22.8 Å². The van der Waals surface area contributed by atoms with Gasteiger partial charge in [0.25, 0.3) is 5.91 Å². The van der Waals surface area contributed by atoms with Crippen LogP contribution in [0.1, 0.15) is 11.1 Å². The summed E-state index contributed by atoms with van der Waals surface area (Å²) in [5.74, 6) is -0.703. The van der Waals surface area contributed by atoms with Crippen LogP contribution in [0, 0.1) is 18.3 Å². The molecule has 0 saturated heterocycles. The Kier molecular flexibility index (Phi) is 7.84. The van der Waals surface area contributed by atoms with Crippen molar-refractivity contribution < 1.29 is 22.1 Å². The number of nitriles is 1. The number of methoxy groups -OCH3 is 1. The number of rotatable bonds is 7. The standard InChI is InChI=1S/C24H18Cl2N2O5S/c1-15-6-9-18(10-7-15)34(30,31)33-22-13-16(8-11-21(22)32-2)12-17(14-27)24(29)28-23-19(25)4-3-5-20(23)26/h3-13H,1-2H3,(H,28,29)/b17-12+. The summed E-state index contributed by atoms with van der Waals surface area (Å²) in [5, 5.41) is 12.4. The molecule has 0 spiro atoms. The molecule has 1 N–H and O–H groups in total. The van der Waals surface area contributed by atoms with Crippen molar-refractivity contribution in [1.29, 1.82) is 5.26 Å². The first-order valence-electron chi connectivity index (χ1n) is 9.71. The molecule has 0 fully saturated rings. The lowest BCUT2D eigenvalue weighted by Crippen LogP contribution is -2.14. The number of carbonyl (C=O) groups excluding carboxylic acids is 1. The van der Waals surface area contributed by atoms with Gasteiger partial charge in [0.2, 0.25) is 0 Å². The summed E-state index contributed by atoms with van der Waals surface area (Å²) < 4.78 is 35.9. The highest BCUT2D eigenvalue weighted by Crippen LogP contribution is 2.33. The number of benzene rings is 3. The van der Waals surface area contributed by atoms with E-state index in [1.54, 1.807) is 30.3 Å². The predicted molar refractivity (Wildman–Crippen MR) is 131 cm³/mol. The molecule has 34 heavy (non-hydrogen) atoms. The molecule has 0 radical (unpaired) electrons. The number of halogens is 2. The van der Waals surface area contributed by atoms with Gasteiger partial charge in [-0.3, -0.25) is 4.79 Å². The van der Waals surface area contributed by atoms with Gasteiger partial charge in [-0.15, -0.1) is 0 Å². The van der Waals surface area contributed by atoms with Crippen molar-refractivity contribution in [3.05, 3.63) is 87.4 Å². The lowest BCUT2D eigenvalue weighted by atomic mass is 10.1. The van der Waals surface area contributed by atoms with Crippen LogP contribution in [0.15, 0.2) is 71.1 Å².